The Morgan fingerprint density at radius 3 is 2.48 bits per heavy atom. The Labute approximate surface area is 178 Å². The highest BCUT2D eigenvalue weighted by atomic mass is 32.2. The molecular formula is C17H21N3O6S3. The molecule has 0 aliphatic heterocycles. The third kappa shape index (κ3) is 5.56. The van der Waals surface area contributed by atoms with E-state index in [1.807, 2.05) is 6.92 Å². The Morgan fingerprint density at radius 1 is 1.17 bits per heavy atom. The molecule has 1 heterocycles. The summed E-state index contributed by atoms with van der Waals surface area (Å²) in [5.41, 5.74) is 2.73. The average molecular weight is 460 g/mol. The molecule has 2 aromatic rings. The van der Waals surface area contributed by atoms with Crippen LogP contribution in [0.2, 0.25) is 0 Å². The second-order valence-corrected chi connectivity index (χ2v) is 8.70. The first-order valence-electron chi connectivity index (χ1n) is 8.27. The third-order valence-electron chi connectivity index (χ3n) is 3.72. The van der Waals surface area contributed by atoms with Gasteiger partial charge in [0.15, 0.2) is 5.11 Å². The van der Waals surface area contributed by atoms with Crippen molar-refractivity contribution < 1.29 is 27.4 Å². The molecule has 9 nitrogen and oxygen atoms in total. The quantitative estimate of drug-likeness (QED) is 0.311. The van der Waals surface area contributed by atoms with Crippen molar-refractivity contribution in [3.8, 4) is 11.5 Å². The van der Waals surface area contributed by atoms with E-state index in [-0.39, 0.29) is 15.8 Å². The zero-order chi connectivity index (χ0) is 21.6. The first-order valence-corrected chi connectivity index (χ1v) is 11.0. The Hall–Kier alpha value is -2.41. The highest BCUT2D eigenvalue weighted by molar-refractivity contribution is 7.89. The van der Waals surface area contributed by atoms with Crippen LogP contribution in [-0.2, 0) is 21.2 Å². The van der Waals surface area contributed by atoms with Crippen molar-refractivity contribution in [1.29, 1.82) is 0 Å². The Kier molecular flexibility index (Phi) is 7.79. The van der Waals surface area contributed by atoms with Crippen LogP contribution in [0.1, 0.15) is 22.2 Å². The zero-order valence-electron chi connectivity index (χ0n) is 16.2. The lowest BCUT2D eigenvalue weighted by Gasteiger charge is -2.14. The number of aryl methyl sites for hydroxylation is 1. The van der Waals surface area contributed by atoms with Gasteiger partial charge in [-0.1, -0.05) is 6.92 Å². The van der Waals surface area contributed by atoms with E-state index in [1.54, 1.807) is 12.1 Å². The van der Waals surface area contributed by atoms with Crippen molar-refractivity contribution >= 4 is 49.7 Å². The van der Waals surface area contributed by atoms with E-state index in [0.717, 1.165) is 11.3 Å². The monoisotopic (exact) mass is 459 g/mol. The molecule has 0 aliphatic rings. The summed E-state index contributed by atoms with van der Waals surface area (Å²) in [6, 6.07) is 6.08. The Bertz CT molecular complexity index is 1000. The van der Waals surface area contributed by atoms with Gasteiger partial charge >= 0.3 is 5.97 Å². The molecule has 0 saturated carbocycles. The van der Waals surface area contributed by atoms with Crippen molar-refractivity contribution in [2.24, 2.45) is 0 Å². The van der Waals surface area contributed by atoms with Gasteiger partial charge in [0, 0.05) is 10.9 Å². The number of carbonyl (C=O) groups excluding carboxylic acids is 1. The Morgan fingerprint density at radius 2 is 1.90 bits per heavy atom. The van der Waals surface area contributed by atoms with Crippen LogP contribution in [0.15, 0.2) is 29.2 Å². The molecule has 2 rings (SSSR count). The number of nitrogens with one attached hydrogen (secondary N) is 3. The largest absolute Gasteiger partial charge is 0.497 e. The average Bonchev–Trinajstić information content (AvgIpc) is 3.14. The molecule has 0 atom stereocenters. The molecule has 1 aromatic heterocycles. The fourth-order valence-electron chi connectivity index (χ4n) is 2.27. The molecule has 29 heavy (non-hydrogen) atoms. The van der Waals surface area contributed by atoms with Crippen LogP contribution in [0.25, 0.3) is 0 Å². The smallest absolute Gasteiger partial charge is 0.340 e. The summed E-state index contributed by atoms with van der Waals surface area (Å²) < 4.78 is 40.2. The number of rotatable bonds is 8. The summed E-state index contributed by atoms with van der Waals surface area (Å²) in [6.45, 7) is 1.95. The predicted octanol–water partition coefficient (Wildman–Crippen LogP) is 2.29. The number of ether oxygens (including phenoxy) is 3. The standard InChI is InChI=1S/C17H21N3O6S3/c1-5-11-9-12(16(21)26-4)15(28-11)18-17(27)19-20-29(22,23)14-8-10(24-2)6-7-13(14)25-3/h6-9,20H,5H2,1-4H3,(H2,18,19,27). The predicted molar refractivity (Wildman–Crippen MR) is 114 cm³/mol. The molecular weight excluding hydrogens is 438 g/mol. The van der Waals surface area contributed by atoms with Crippen molar-refractivity contribution in [3.63, 3.8) is 0 Å². The van der Waals surface area contributed by atoms with Crippen molar-refractivity contribution in [2.45, 2.75) is 18.2 Å². The van der Waals surface area contributed by atoms with E-state index in [0.29, 0.717) is 16.3 Å². The number of hydrogen-bond donors (Lipinski definition) is 3. The lowest BCUT2D eigenvalue weighted by Crippen LogP contribution is -2.43. The lowest BCUT2D eigenvalue weighted by atomic mass is 10.2. The second-order valence-electron chi connectivity index (χ2n) is 5.50. The number of anilines is 1. The number of thiophene rings is 1. The van der Waals surface area contributed by atoms with Crippen LogP contribution in [0.4, 0.5) is 5.00 Å². The molecule has 0 unspecified atom stereocenters. The Balaban J connectivity index is 2.15. The van der Waals surface area contributed by atoms with Gasteiger partial charge in [0.2, 0.25) is 0 Å². The number of benzene rings is 1. The third-order valence-corrected chi connectivity index (χ3v) is 6.39. The summed E-state index contributed by atoms with van der Waals surface area (Å²) in [5, 5.41) is 3.21. The van der Waals surface area contributed by atoms with E-state index in [9.17, 15) is 13.2 Å². The number of methoxy groups -OCH3 is 3. The van der Waals surface area contributed by atoms with Gasteiger partial charge in [-0.15, -0.1) is 16.2 Å². The molecule has 3 N–H and O–H groups in total. The first-order chi connectivity index (χ1) is 13.7. The SMILES string of the molecule is CCc1cc(C(=O)OC)c(NC(=S)NNS(=O)(=O)c2cc(OC)ccc2OC)s1. The maximum absolute atomic E-state index is 12.6. The van der Waals surface area contributed by atoms with Crippen LogP contribution in [-0.4, -0.2) is 40.8 Å². The maximum Gasteiger partial charge on any atom is 0.340 e. The fraction of sp³-hybridized carbons (Fsp3) is 0.294. The van der Waals surface area contributed by atoms with E-state index in [2.05, 4.69) is 15.6 Å². The number of sulfonamides is 1. The summed E-state index contributed by atoms with van der Waals surface area (Å²) in [4.78, 5) is 14.9. The molecule has 0 radical (unpaired) electrons. The van der Waals surface area contributed by atoms with Crippen molar-refractivity contribution in [2.75, 3.05) is 26.6 Å². The van der Waals surface area contributed by atoms with Gasteiger partial charge in [0.25, 0.3) is 10.0 Å². The van der Waals surface area contributed by atoms with E-state index in [1.165, 1.54) is 44.8 Å². The second kappa shape index (κ2) is 9.87. The minimum Gasteiger partial charge on any atom is -0.497 e. The molecule has 0 bridgehead atoms. The van der Waals surface area contributed by atoms with E-state index < -0.39 is 16.0 Å². The topological polar surface area (TPSA) is 115 Å². The van der Waals surface area contributed by atoms with Crippen LogP contribution in [0.5, 0.6) is 11.5 Å². The minimum absolute atomic E-state index is 0.0508. The van der Waals surface area contributed by atoms with Gasteiger partial charge in [0.1, 0.15) is 21.4 Å². The molecule has 1 aromatic carbocycles. The molecule has 0 saturated heterocycles. The van der Waals surface area contributed by atoms with Crippen LogP contribution >= 0.6 is 23.6 Å². The minimum atomic E-state index is -4.04. The number of hydrogen-bond acceptors (Lipinski definition) is 8. The molecule has 158 valence electrons. The molecule has 12 heteroatoms. The van der Waals surface area contributed by atoms with Gasteiger partial charge in [-0.3, -0.25) is 5.43 Å². The number of carbonyl (C=O) groups is 1. The van der Waals surface area contributed by atoms with E-state index >= 15 is 0 Å². The van der Waals surface area contributed by atoms with E-state index in [4.69, 9.17) is 26.4 Å². The van der Waals surface area contributed by atoms with Gasteiger partial charge < -0.3 is 19.5 Å². The number of hydrazine groups is 1. The van der Waals surface area contributed by atoms with Crippen LogP contribution in [0, 0.1) is 0 Å². The highest BCUT2D eigenvalue weighted by Gasteiger charge is 2.22. The molecule has 0 amide bonds. The highest BCUT2D eigenvalue weighted by Crippen LogP contribution is 2.30. The van der Waals surface area contributed by atoms with Crippen LogP contribution in [0.3, 0.4) is 0 Å². The van der Waals surface area contributed by atoms with Gasteiger partial charge in [-0.05, 0) is 36.8 Å². The number of esters is 1. The van der Waals surface area contributed by atoms with Crippen molar-refractivity contribution in [3.05, 3.63) is 34.7 Å². The van der Waals surface area contributed by atoms with Crippen molar-refractivity contribution in [1.82, 2.24) is 10.3 Å². The number of thiocarbonyl (C=S) groups is 1. The summed E-state index contributed by atoms with van der Waals surface area (Å²) in [6.07, 6.45) is 0.721. The summed E-state index contributed by atoms with van der Waals surface area (Å²) >= 11 is 6.46. The lowest BCUT2D eigenvalue weighted by molar-refractivity contribution is 0.0602. The molecule has 0 aliphatic carbocycles. The first kappa shape index (κ1) is 22.9. The van der Waals surface area contributed by atoms with Gasteiger partial charge in [0.05, 0.1) is 26.9 Å². The normalized spacial score (nSPS) is 10.9. The van der Waals surface area contributed by atoms with Crippen LogP contribution < -0.4 is 25.0 Å². The van der Waals surface area contributed by atoms with Gasteiger partial charge in [-0.2, -0.15) is 0 Å². The summed E-state index contributed by atoms with van der Waals surface area (Å²) in [7, 11) is 0.0261. The fourth-order valence-corrected chi connectivity index (χ4v) is 4.57. The molecule has 0 fully saturated rings. The molecule has 0 spiro atoms. The zero-order valence-corrected chi connectivity index (χ0v) is 18.6. The maximum atomic E-state index is 12.6. The summed E-state index contributed by atoms with van der Waals surface area (Å²) in [5.74, 6) is -0.0361. The van der Waals surface area contributed by atoms with Gasteiger partial charge in [-0.25, -0.2) is 13.2 Å².